The number of benzene rings is 1. The second-order valence-electron chi connectivity index (χ2n) is 4.49. The molecule has 2 unspecified atom stereocenters. The summed E-state index contributed by atoms with van der Waals surface area (Å²) in [6.07, 6.45) is -1.77. The fourth-order valence-electron chi connectivity index (χ4n) is 2.01. The Hall–Kier alpha value is -1.31. The highest BCUT2D eigenvalue weighted by molar-refractivity contribution is 7.91. The first-order chi connectivity index (χ1) is 8.95. The lowest BCUT2D eigenvalue weighted by Gasteiger charge is -2.18. The standard InChI is InChI=1S/C12H17NO5S/c1-17-11-4-8(5-13)2-3-10(11)18-12-7-19(15,16)6-9(12)14/h2-4,9,12,14H,5-7,13H2,1H3. The van der Waals surface area contributed by atoms with Gasteiger partial charge in [-0.1, -0.05) is 6.07 Å². The van der Waals surface area contributed by atoms with Gasteiger partial charge >= 0.3 is 0 Å². The molecule has 0 amide bonds. The Morgan fingerprint density at radius 3 is 2.63 bits per heavy atom. The van der Waals surface area contributed by atoms with Gasteiger partial charge < -0.3 is 20.3 Å². The van der Waals surface area contributed by atoms with Crippen LogP contribution in [-0.4, -0.2) is 44.3 Å². The van der Waals surface area contributed by atoms with Crippen molar-refractivity contribution in [2.75, 3.05) is 18.6 Å². The van der Waals surface area contributed by atoms with Gasteiger partial charge in [-0.15, -0.1) is 0 Å². The molecule has 0 radical (unpaired) electrons. The van der Waals surface area contributed by atoms with Crippen molar-refractivity contribution in [1.82, 2.24) is 0 Å². The summed E-state index contributed by atoms with van der Waals surface area (Å²) < 4.78 is 33.5. The third-order valence-electron chi connectivity index (χ3n) is 3.01. The maximum atomic E-state index is 11.4. The van der Waals surface area contributed by atoms with Crippen LogP contribution in [0.25, 0.3) is 0 Å². The summed E-state index contributed by atoms with van der Waals surface area (Å²) in [5.74, 6) is 0.428. The molecule has 19 heavy (non-hydrogen) atoms. The predicted octanol–water partition coefficient (Wildman–Crippen LogP) is -0.309. The molecule has 2 rings (SSSR count). The smallest absolute Gasteiger partial charge is 0.161 e. The van der Waals surface area contributed by atoms with E-state index in [4.69, 9.17) is 15.2 Å². The van der Waals surface area contributed by atoms with Gasteiger partial charge in [0.1, 0.15) is 12.2 Å². The average molecular weight is 287 g/mol. The monoisotopic (exact) mass is 287 g/mol. The van der Waals surface area contributed by atoms with Crippen molar-refractivity contribution in [2.45, 2.75) is 18.8 Å². The van der Waals surface area contributed by atoms with E-state index in [0.717, 1.165) is 5.56 Å². The van der Waals surface area contributed by atoms with Crippen LogP contribution in [0, 0.1) is 0 Å². The molecule has 1 aliphatic rings. The number of rotatable bonds is 4. The number of aliphatic hydroxyl groups excluding tert-OH is 1. The molecule has 106 valence electrons. The minimum atomic E-state index is -3.23. The Morgan fingerprint density at radius 2 is 2.11 bits per heavy atom. The van der Waals surface area contributed by atoms with Crippen LogP contribution in [0.3, 0.4) is 0 Å². The molecular formula is C12H17NO5S. The Morgan fingerprint density at radius 1 is 1.37 bits per heavy atom. The van der Waals surface area contributed by atoms with E-state index in [1.54, 1.807) is 18.2 Å². The van der Waals surface area contributed by atoms with Crippen molar-refractivity contribution in [3.8, 4) is 11.5 Å². The van der Waals surface area contributed by atoms with E-state index in [-0.39, 0.29) is 11.5 Å². The van der Waals surface area contributed by atoms with Crippen molar-refractivity contribution in [2.24, 2.45) is 5.73 Å². The second-order valence-corrected chi connectivity index (χ2v) is 6.64. The zero-order chi connectivity index (χ0) is 14.0. The molecule has 1 fully saturated rings. The first-order valence-corrected chi connectivity index (χ1v) is 7.69. The second kappa shape index (κ2) is 5.36. The van der Waals surface area contributed by atoms with E-state index in [2.05, 4.69) is 0 Å². The minimum absolute atomic E-state index is 0.185. The van der Waals surface area contributed by atoms with Crippen LogP contribution in [0.4, 0.5) is 0 Å². The highest BCUT2D eigenvalue weighted by atomic mass is 32.2. The van der Waals surface area contributed by atoms with Gasteiger partial charge in [-0.05, 0) is 17.7 Å². The van der Waals surface area contributed by atoms with E-state index in [1.165, 1.54) is 7.11 Å². The highest BCUT2D eigenvalue weighted by Gasteiger charge is 2.38. The summed E-state index contributed by atoms with van der Waals surface area (Å²) in [5.41, 5.74) is 6.41. The van der Waals surface area contributed by atoms with Crippen molar-refractivity contribution < 1.29 is 23.0 Å². The first-order valence-electron chi connectivity index (χ1n) is 5.87. The predicted molar refractivity (Wildman–Crippen MR) is 70.0 cm³/mol. The van der Waals surface area contributed by atoms with Crippen molar-refractivity contribution >= 4 is 9.84 Å². The number of hydrogen-bond acceptors (Lipinski definition) is 6. The number of hydrogen-bond donors (Lipinski definition) is 2. The van der Waals surface area contributed by atoms with Gasteiger partial charge in [0.15, 0.2) is 21.3 Å². The van der Waals surface area contributed by atoms with Crippen LogP contribution in [-0.2, 0) is 16.4 Å². The van der Waals surface area contributed by atoms with Gasteiger partial charge in [0.05, 0.1) is 18.6 Å². The Bertz CT molecular complexity index is 557. The summed E-state index contributed by atoms with van der Waals surface area (Å²) >= 11 is 0. The summed E-state index contributed by atoms with van der Waals surface area (Å²) in [4.78, 5) is 0. The largest absolute Gasteiger partial charge is 0.493 e. The molecule has 1 aromatic carbocycles. The zero-order valence-electron chi connectivity index (χ0n) is 10.6. The van der Waals surface area contributed by atoms with Gasteiger partial charge in [-0.25, -0.2) is 8.42 Å². The van der Waals surface area contributed by atoms with Crippen LogP contribution >= 0.6 is 0 Å². The highest BCUT2D eigenvalue weighted by Crippen LogP contribution is 2.30. The van der Waals surface area contributed by atoms with Crippen LogP contribution in [0.1, 0.15) is 5.56 Å². The van der Waals surface area contributed by atoms with Crippen LogP contribution in [0.5, 0.6) is 11.5 Å². The van der Waals surface area contributed by atoms with Crippen LogP contribution in [0.15, 0.2) is 18.2 Å². The van der Waals surface area contributed by atoms with E-state index >= 15 is 0 Å². The van der Waals surface area contributed by atoms with Gasteiger partial charge in [0, 0.05) is 6.54 Å². The van der Waals surface area contributed by atoms with Gasteiger partial charge in [0.25, 0.3) is 0 Å². The molecular weight excluding hydrogens is 270 g/mol. The number of nitrogens with two attached hydrogens (primary N) is 1. The SMILES string of the molecule is COc1cc(CN)ccc1OC1CS(=O)(=O)CC1O. The topological polar surface area (TPSA) is 98.9 Å². The van der Waals surface area contributed by atoms with Gasteiger partial charge in [-0.3, -0.25) is 0 Å². The fraction of sp³-hybridized carbons (Fsp3) is 0.500. The maximum Gasteiger partial charge on any atom is 0.161 e. The molecule has 1 saturated heterocycles. The summed E-state index contributed by atoms with van der Waals surface area (Å²) in [6, 6.07) is 5.16. The molecule has 1 aromatic rings. The summed E-state index contributed by atoms with van der Waals surface area (Å²) in [7, 11) is -1.74. The maximum absolute atomic E-state index is 11.4. The number of sulfone groups is 1. The quantitative estimate of drug-likeness (QED) is 0.788. The lowest BCUT2D eigenvalue weighted by molar-refractivity contribution is 0.0718. The Balaban J connectivity index is 2.19. The Kier molecular flexibility index (Phi) is 3.98. The Labute approximate surface area is 112 Å². The van der Waals surface area contributed by atoms with E-state index in [0.29, 0.717) is 18.0 Å². The third kappa shape index (κ3) is 3.17. The number of aliphatic hydroxyl groups is 1. The number of methoxy groups -OCH3 is 1. The molecule has 1 heterocycles. The molecule has 1 aliphatic heterocycles. The summed E-state index contributed by atoms with van der Waals surface area (Å²) in [5, 5.41) is 9.69. The molecule has 2 atom stereocenters. The lowest BCUT2D eigenvalue weighted by atomic mass is 10.2. The molecule has 0 bridgehead atoms. The molecule has 6 nitrogen and oxygen atoms in total. The van der Waals surface area contributed by atoms with Gasteiger partial charge in [0.2, 0.25) is 0 Å². The molecule has 0 aliphatic carbocycles. The van der Waals surface area contributed by atoms with E-state index in [9.17, 15) is 13.5 Å². The van der Waals surface area contributed by atoms with Crippen LogP contribution < -0.4 is 15.2 Å². The molecule has 0 saturated carbocycles. The normalized spacial score (nSPS) is 25.2. The van der Waals surface area contributed by atoms with E-state index in [1.807, 2.05) is 0 Å². The van der Waals surface area contributed by atoms with Crippen LogP contribution in [0.2, 0.25) is 0 Å². The number of ether oxygens (including phenoxy) is 2. The van der Waals surface area contributed by atoms with Gasteiger partial charge in [-0.2, -0.15) is 0 Å². The van der Waals surface area contributed by atoms with Crippen molar-refractivity contribution in [3.05, 3.63) is 23.8 Å². The lowest BCUT2D eigenvalue weighted by Crippen LogP contribution is -2.29. The van der Waals surface area contributed by atoms with E-state index < -0.39 is 22.0 Å². The fourth-order valence-corrected chi connectivity index (χ4v) is 3.67. The van der Waals surface area contributed by atoms with Crippen molar-refractivity contribution in [1.29, 1.82) is 0 Å². The minimum Gasteiger partial charge on any atom is -0.493 e. The van der Waals surface area contributed by atoms with Crippen molar-refractivity contribution in [3.63, 3.8) is 0 Å². The first kappa shape index (κ1) is 14.1. The molecule has 0 aromatic heterocycles. The molecule has 0 spiro atoms. The molecule has 7 heteroatoms. The summed E-state index contributed by atoms with van der Waals surface area (Å²) in [6.45, 7) is 0.372. The zero-order valence-corrected chi connectivity index (χ0v) is 11.4. The third-order valence-corrected chi connectivity index (χ3v) is 4.70. The average Bonchev–Trinajstić information content (AvgIpc) is 2.62. The molecule has 3 N–H and O–H groups in total.